The Kier molecular flexibility index (Phi) is 2.60. The predicted octanol–water partition coefficient (Wildman–Crippen LogP) is 0.896. The highest BCUT2D eigenvalue weighted by atomic mass is 16.1. The summed E-state index contributed by atoms with van der Waals surface area (Å²) in [5.74, 6) is 0.575. The number of nitrogens with zero attached hydrogens (tertiary/aromatic N) is 1. The molecular weight excluding hydrogens is 190 g/mol. The summed E-state index contributed by atoms with van der Waals surface area (Å²) >= 11 is 0. The Hall–Kier alpha value is -1.94. The van der Waals surface area contributed by atoms with Gasteiger partial charge in [0.2, 0.25) is 0 Å². The molecule has 0 bridgehead atoms. The van der Waals surface area contributed by atoms with Crippen LogP contribution < -0.4 is 11.3 Å². The Morgan fingerprint density at radius 1 is 1.20 bits per heavy atom. The minimum absolute atomic E-state index is 0.150. The smallest absolute Gasteiger partial charge is 0.251 e. The van der Waals surface area contributed by atoms with Crippen LogP contribution in [0, 0.1) is 0 Å². The monoisotopic (exact) mass is 201 g/mol. The van der Waals surface area contributed by atoms with E-state index in [0.717, 1.165) is 11.1 Å². The lowest BCUT2D eigenvalue weighted by Gasteiger charge is -2.01. The zero-order chi connectivity index (χ0) is 10.7. The molecule has 1 aromatic heterocycles. The van der Waals surface area contributed by atoms with E-state index in [4.69, 9.17) is 5.73 Å². The molecule has 0 spiro atoms. The van der Waals surface area contributed by atoms with Gasteiger partial charge in [0.25, 0.3) is 5.56 Å². The molecular formula is C11H11N3O. The van der Waals surface area contributed by atoms with Crippen LogP contribution in [0.25, 0.3) is 11.4 Å². The zero-order valence-electron chi connectivity index (χ0n) is 8.10. The fourth-order valence-corrected chi connectivity index (χ4v) is 1.32. The summed E-state index contributed by atoms with van der Waals surface area (Å²) in [6, 6.07) is 9.00. The van der Waals surface area contributed by atoms with Crippen LogP contribution in [-0.2, 0) is 6.54 Å². The molecule has 0 unspecified atom stereocenters. The standard InChI is InChI=1S/C11H11N3O/c12-7-8-1-3-9(4-2-8)11-13-6-5-10(15)14-11/h1-6H,7,12H2,(H,13,14,15). The Morgan fingerprint density at radius 2 is 1.93 bits per heavy atom. The molecule has 1 heterocycles. The first-order valence-electron chi connectivity index (χ1n) is 4.64. The molecule has 0 aliphatic heterocycles. The number of aromatic amines is 1. The van der Waals surface area contributed by atoms with Crippen molar-refractivity contribution in [3.05, 3.63) is 52.4 Å². The summed E-state index contributed by atoms with van der Waals surface area (Å²) in [7, 11) is 0. The number of nitrogens with one attached hydrogen (secondary N) is 1. The molecule has 4 nitrogen and oxygen atoms in total. The molecule has 15 heavy (non-hydrogen) atoms. The molecule has 3 N–H and O–H groups in total. The summed E-state index contributed by atoms with van der Waals surface area (Å²) < 4.78 is 0. The van der Waals surface area contributed by atoms with E-state index in [9.17, 15) is 4.79 Å². The Balaban J connectivity index is 2.41. The van der Waals surface area contributed by atoms with Gasteiger partial charge in [0.1, 0.15) is 5.82 Å². The van der Waals surface area contributed by atoms with Crippen LogP contribution in [0.5, 0.6) is 0 Å². The number of rotatable bonds is 2. The number of benzene rings is 1. The summed E-state index contributed by atoms with van der Waals surface area (Å²) in [5.41, 5.74) is 7.27. The van der Waals surface area contributed by atoms with Crippen LogP contribution in [0.1, 0.15) is 5.56 Å². The van der Waals surface area contributed by atoms with E-state index in [-0.39, 0.29) is 5.56 Å². The SMILES string of the molecule is NCc1ccc(-c2nccc(=O)[nH]2)cc1. The maximum absolute atomic E-state index is 11.1. The molecule has 2 aromatic rings. The lowest BCUT2D eigenvalue weighted by Crippen LogP contribution is -2.05. The molecule has 0 radical (unpaired) electrons. The summed E-state index contributed by atoms with van der Waals surface area (Å²) in [6.45, 7) is 0.513. The first-order chi connectivity index (χ1) is 7.29. The van der Waals surface area contributed by atoms with Crippen molar-refractivity contribution in [2.24, 2.45) is 5.73 Å². The van der Waals surface area contributed by atoms with Gasteiger partial charge in [0.05, 0.1) is 0 Å². The molecule has 4 heteroatoms. The topological polar surface area (TPSA) is 71.8 Å². The van der Waals surface area contributed by atoms with Crippen molar-refractivity contribution in [1.29, 1.82) is 0 Å². The Morgan fingerprint density at radius 3 is 2.53 bits per heavy atom. The average Bonchev–Trinajstić information content (AvgIpc) is 2.29. The second kappa shape index (κ2) is 4.06. The van der Waals surface area contributed by atoms with Crippen LogP contribution in [-0.4, -0.2) is 9.97 Å². The predicted molar refractivity (Wildman–Crippen MR) is 58.2 cm³/mol. The quantitative estimate of drug-likeness (QED) is 0.758. The van der Waals surface area contributed by atoms with Crippen LogP contribution in [0.15, 0.2) is 41.3 Å². The van der Waals surface area contributed by atoms with E-state index >= 15 is 0 Å². The van der Waals surface area contributed by atoms with E-state index in [1.807, 2.05) is 24.3 Å². The van der Waals surface area contributed by atoms with Crippen molar-refractivity contribution >= 4 is 0 Å². The van der Waals surface area contributed by atoms with Crippen molar-refractivity contribution in [3.8, 4) is 11.4 Å². The average molecular weight is 201 g/mol. The largest absolute Gasteiger partial charge is 0.326 e. The highest BCUT2D eigenvalue weighted by Gasteiger charge is 1.99. The first-order valence-corrected chi connectivity index (χ1v) is 4.64. The van der Waals surface area contributed by atoms with Crippen LogP contribution in [0.3, 0.4) is 0 Å². The van der Waals surface area contributed by atoms with Crippen molar-refractivity contribution < 1.29 is 0 Å². The fourth-order valence-electron chi connectivity index (χ4n) is 1.32. The number of nitrogens with two attached hydrogens (primary N) is 1. The molecule has 0 aliphatic carbocycles. The molecule has 0 saturated carbocycles. The van der Waals surface area contributed by atoms with Crippen molar-refractivity contribution in [1.82, 2.24) is 9.97 Å². The maximum Gasteiger partial charge on any atom is 0.251 e. The van der Waals surface area contributed by atoms with E-state index in [1.165, 1.54) is 12.3 Å². The molecule has 2 rings (SSSR count). The number of hydrogen-bond acceptors (Lipinski definition) is 3. The van der Waals surface area contributed by atoms with Crippen LogP contribution in [0.4, 0.5) is 0 Å². The fraction of sp³-hybridized carbons (Fsp3) is 0.0909. The van der Waals surface area contributed by atoms with Crippen molar-refractivity contribution in [3.63, 3.8) is 0 Å². The summed E-state index contributed by atoms with van der Waals surface area (Å²) in [6.07, 6.45) is 1.49. The highest BCUT2D eigenvalue weighted by Crippen LogP contribution is 2.13. The van der Waals surface area contributed by atoms with E-state index in [0.29, 0.717) is 12.4 Å². The van der Waals surface area contributed by atoms with E-state index in [2.05, 4.69) is 9.97 Å². The lowest BCUT2D eigenvalue weighted by atomic mass is 10.1. The second-order valence-electron chi connectivity index (χ2n) is 3.18. The van der Waals surface area contributed by atoms with Gasteiger partial charge >= 0.3 is 0 Å². The maximum atomic E-state index is 11.1. The minimum Gasteiger partial charge on any atom is -0.326 e. The number of hydrogen-bond donors (Lipinski definition) is 2. The summed E-state index contributed by atoms with van der Waals surface area (Å²) in [4.78, 5) is 17.8. The zero-order valence-corrected chi connectivity index (χ0v) is 8.10. The van der Waals surface area contributed by atoms with Crippen LogP contribution >= 0.6 is 0 Å². The van der Waals surface area contributed by atoms with Crippen molar-refractivity contribution in [2.75, 3.05) is 0 Å². The van der Waals surface area contributed by atoms with Crippen LogP contribution in [0.2, 0.25) is 0 Å². The number of aromatic nitrogens is 2. The Labute approximate surface area is 86.8 Å². The third-order valence-electron chi connectivity index (χ3n) is 2.13. The number of H-pyrrole nitrogens is 1. The third kappa shape index (κ3) is 2.11. The van der Waals surface area contributed by atoms with Gasteiger partial charge in [-0.3, -0.25) is 4.79 Å². The van der Waals surface area contributed by atoms with Gasteiger partial charge < -0.3 is 10.7 Å². The van der Waals surface area contributed by atoms with Crippen molar-refractivity contribution in [2.45, 2.75) is 6.54 Å². The first kappa shape index (κ1) is 9.61. The van der Waals surface area contributed by atoms with E-state index < -0.39 is 0 Å². The van der Waals surface area contributed by atoms with Gasteiger partial charge in [-0.2, -0.15) is 0 Å². The lowest BCUT2D eigenvalue weighted by molar-refractivity contribution is 1.07. The third-order valence-corrected chi connectivity index (χ3v) is 2.13. The summed E-state index contributed by atoms with van der Waals surface area (Å²) in [5, 5.41) is 0. The Bertz CT molecular complexity index is 502. The normalized spacial score (nSPS) is 10.2. The van der Waals surface area contributed by atoms with Gasteiger partial charge in [-0.25, -0.2) is 4.98 Å². The van der Waals surface area contributed by atoms with Gasteiger partial charge in [0.15, 0.2) is 0 Å². The molecule has 0 amide bonds. The molecule has 76 valence electrons. The molecule has 0 saturated heterocycles. The molecule has 1 aromatic carbocycles. The second-order valence-corrected chi connectivity index (χ2v) is 3.18. The molecule has 0 atom stereocenters. The molecule has 0 fully saturated rings. The minimum atomic E-state index is -0.150. The molecule has 0 aliphatic rings. The van der Waals surface area contributed by atoms with E-state index in [1.54, 1.807) is 0 Å². The van der Waals surface area contributed by atoms with Gasteiger partial charge in [-0.1, -0.05) is 24.3 Å². The highest BCUT2D eigenvalue weighted by molar-refractivity contribution is 5.54. The van der Waals surface area contributed by atoms with Gasteiger partial charge in [-0.15, -0.1) is 0 Å². The van der Waals surface area contributed by atoms with Gasteiger partial charge in [-0.05, 0) is 5.56 Å². The van der Waals surface area contributed by atoms with Gasteiger partial charge in [0, 0.05) is 24.4 Å².